The van der Waals surface area contributed by atoms with Crippen LogP contribution in [0.5, 0.6) is 0 Å². The van der Waals surface area contributed by atoms with Gasteiger partial charge in [-0.3, -0.25) is 9.59 Å². The highest BCUT2D eigenvalue weighted by Crippen LogP contribution is 2.46. The Bertz CT molecular complexity index is 511. The second kappa shape index (κ2) is 4.99. The maximum Gasteiger partial charge on any atom is 0.319 e. The number of amides is 1. The molecule has 2 N–H and O–H groups in total. The second-order valence-corrected chi connectivity index (χ2v) is 5.06. The Morgan fingerprint density at radius 3 is 2.58 bits per heavy atom. The Kier molecular flexibility index (Phi) is 3.55. The maximum atomic E-state index is 13.5. The SMILES string of the molecule is CC(Cc1ccccc1F)NC(=O)C1(C(=O)O)CC1. The van der Waals surface area contributed by atoms with Crippen molar-refractivity contribution in [3.8, 4) is 0 Å². The Morgan fingerprint density at radius 2 is 2.05 bits per heavy atom. The highest BCUT2D eigenvalue weighted by atomic mass is 19.1. The molecule has 1 aliphatic rings. The van der Waals surface area contributed by atoms with E-state index in [1.54, 1.807) is 25.1 Å². The third-order valence-electron chi connectivity index (χ3n) is 3.46. The third kappa shape index (κ3) is 2.75. The van der Waals surface area contributed by atoms with Crippen LogP contribution in [0.1, 0.15) is 25.3 Å². The molecule has 1 aromatic rings. The largest absolute Gasteiger partial charge is 0.480 e. The van der Waals surface area contributed by atoms with Gasteiger partial charge in [0.05, 0.1) is 0 Å². The van der Waals surface area contributed by atoms with Crippen molar-refractivity contribution in [2.75, 3.05) is 0 Å². The number of carbonyl (C=O) groups excluding carboxylic acids is 1. The lowest BCUT2D eigenvalue weighted by Crippen LogP contribution is -2.42. The lowest BCUT2D eigenvalue weighted by atomic mass is 10.0. The molecule has 19 heavy (non-hydrogen) atoms. The number of carboxylic acids is 1. The summed E-state index contributed by atoms with van der Waals surface area (Å²) in [5, 5.41) is 11.7. The van der Waals surface area contributed by atoms with Crippen LogP contribution in [0, 0.1) is 11.2 Å². The number of carbonyl (C=O) groups is 2. The fourth-order valence-electron chi connectivity index (χ4n) is 2.07. The van der Waals surface area contributed by atoms with Gasteiger partial charge < -0.3 is 10.4 Å². The lowest BCUT2D eigenvalue weighted by Gasteiger charge is -2.17. The summed E-state index contributed by atoms with van der Waals surface area (Å²) >= 11 is 0. The molecular weight excluding hydrogens is 249 g/mol. The van der Waals surface area contributed by atoms with Gasteiger partial charge in [0.15, 0.2) is 0 Å². The molecule has 2 rings (SSSR count). The van der Waals surface area contributed by atoms with Gasteiger partial charge in [0.2, 0.25) is 5.91 Å². The molecule has 1 fully saturated rings. The number of benzene rings is 1. The van der Waals surface area contributed by atoms with Crippen LogP contribution in [0.3, 0.4) is 0 Å². The number of hydrogen-bond donors (Lipinski definition) is 2. The van der Waals surface area contributed by atoms with Gasteiger partial charge in [-0.15, -0.1) is 0 Å². The van der Waals surface area contributed by atoms with E-state index < -0.39 is 17.3 Å². The molecular formula is C14H16FNO3. The summed E-state index contributed by atoms with van der Waals surface area (Å²) in [6, 6.07) is 6.05. The molecule has 5 heteroatoms. The van der Waals surface area contributed by atoms with Crippen molar-refractivity contribution in [2.45, 2.75) is 32.2 Å². The van der Waals surface area contributed by atoms with Crippen LogP contribution in [-0.4, -0.2) is 23.0 Å². The molecule has 1 aliphatic carbocycles. The van der Waals surface area contributed by atoms with Crippen LogP contribution in [0.25, 0.3) is 0 Å². The summed E-state index contributed by atoms with van der Waals surface area (Å²) < 4.78 is 13.5. The van der Waals surface area contributed by atoms with E-state index in [-0.39, 0.29) is 11.9 Å². The van der Waals surface area contributed by atoms with Crippen LogP contribution >= 0.6 is 0 Å². The van der Waals surface area contributed by atoms with E-state index in [0.717, 1.165) is 0 Å². The molecule has 0 aromatic heterocycles. The van der Waals surface area contributed by atoms with E-state index in [1.807, 2.05) is 0 Å². The zero-order chi connectivity index (χ0) is 14.0. The first-order valence-electron chi connectivity index (χ1n) is 6.23. The minimum Gasteiger partial charge on any atom is -0.480 e. The van der Waals surface area contributed by atoms with Gasteiger partial charge in [-0.25, -0.2) is 4.39 Å². The first-order chi connectivity index (χ1) is 8.95. The number of nitrogens with one attached hydrogen (secondary N) is 1. The van der Waals surface area contributed by atoms with Crippen molar-refractivity contribution in [3.63, 3.8) is 0 Å². The average Bonchev–Trinajstić information content (AvgIpc) is 3.13. The summed E-state index contributed by atoms with van der Waals surface area (Å²) in [4.78, 5) is 22.9. The highest BCUT2D eigenvalue weighted by Gasteiger charge is 2.57. The Morgan fingerprint density at radius 1 is 1.42 bits per heavy atom. The normalized spacial score (nSPS) is 17.6. The summed E-state index contributed by atoms with van der Waals surface area (Å²) in [6.45, 7) is 1.74. The summed E-state index contributed by atoms with van der Waals surface area (Å²) in [5.74, 6) is -1.87. The van der Waals surface area contributed by atoms with Crippen molar-refractivity contribution in [1.29, 1.82) is 0 Å². The Balaban J connectivity index is 1.95. The predicted octanol–water partition coefficient (Wildman–Crippen LogP) is 1.74. The van der Waals surface area contributed by atoms with E-state index in [4.69, 9.17) is 5.11 Å². The van der Waals surface area contributed by atoms with Gasteiger partial charge in [-0.1, -0.05) is 18.2 Å². The highest BCUT2D eigenvalue weighted by molar-refractivity contribution is 6.04. The van der Waals surface area contributed by atoms with E-state index in [1.165, 1.54) is 6.07 Å². The quantitative estimate of drug-likeness (QED) is 0.797. The number of hydrogen-bond acceptors (Lipinski definition) is 2. The van der Waals surface area contributed by atoms with Crippen LogP contribution in [0.2, 0.25) is 0 Å². The number of halogens is 1. The summed E-state index contributed by atoms with van der Waals surface area (Å²) in [7, 11) is 0. The zero-order valence-corrected chi connectivity index (χ0v) is 10.6. The summed E-state index contributed by atoms with van der Waals surface area (Å²) in [5.41, 5.74) is -0.737. The van der Waals surface area contributed by atoms with Crippen molar-refractivity contribution in [2.24, 2.45) is 5.41 Å². The lowest BCUT2D eigenvalue weighted by molar-refractivity contribution is -0.149. The molecule has 1 aromatic carbocycles. The number of aliphatic carboxylic acids is 1. The molecule has 1 amide bonds. The number of rotatable bonds is 5. The van der Waals surface area contributed by atoms with Crippen LogP contribution in [0.15, 0.2) is 24.3 Å². The fourth-order valence-corrected chi connectivity index (χ4v) is 2.07. The van der Waals surface area contributed by atoms with Crippen molar-refractivity contribution in [3.05, 3.63) is 35.6 Å². The Labute approximate surface area is 110 Å². The van der Waals surface area contributed by atoms with Crippen LogP contribution in [-0.2, 0) is 16.0 Å². The van der Waals surface area contributed by atoms with Crippen molar-refractivity contribution < 1.29 is 19.1 Å². The van der Waals surface area contributed by atoms with Gasteiger partial charge in [0.25, 0.3) is 0 Å². The fraction of sp³-hybridized carbons (Fsp3) is 0.429. The molecule has 0 radical (unpaired) electrons. The molecule has 1 atom stereocenters. The van der Waals surface area contributed by atoms with E-state index in [2.05, 4.69) is 5.32 Å². The molecule has 0 saturated heterocycles. The standard InChI is InChI=1S/C14H16FNO3/c1-9(8-10-4-2-3-5-11(10)15)16-12(17)14(6-7-14)13(18)19/h2-5,9H,6-8H2,1H3,(H,16,17)(H,18,19). The molecule has 4 nitrogen and oxygen atoms in total. The predicted molar refractivity (Wildman–Crippen MR) is 67.0 cm³/mol. The van der Waals surface area contributed by atoms with Crippen LogP contribution < -0.4 is 5.32 Å². The molecule has 0 heterocycles. The maximum absolute atomic E-state index is 13.5. The van der Waals surface area contributed by atoms with Gasteiger partial charge >= 0.3 is 5.97 Å². The minimum atomic E-state index is -1.25. The molecule has 1 unspecified atom stereocenters. The van der Waals surface area contributed by atoms with Crippen molar-refractivity contribution >= 4 is 11.9 Å². The summed E-state index contributed by atoms with van der Waals surface area (Å²) in [6.07, 6.45) is 1.09. The van der Waals surface area contributed by atoms with E-state index in [0.29, 0.717) is 24.8 Å². The second-order valence-electron chi connectivity index (χ2n) is 5.06. The monoisotopic (exact) mass is 265 g/mol. The molecule has 0 spiro atoms. The van der Waals surface area contributed by atoms with Crippen LogP contribution in [0.4, 0.5) is 4.39 Å². The molecule has 1 saturated carbocycles. The third-order valence-corrected chi connectivity index (χ3v) is 3.46. The van der Waals surface area contributed by atoms with Gasteiger partial charge in [0.1, 0.15) is 11.2 Å². The molecule has 0 aliphatic heterocycles. The van der Waals surface area contributed by atoms with Gasteiger partial charge in [-0.2, -0.15) is 0 Å². The van der Waals surface area contributed by atoms with Crippen molar-refractivity contribution in [1.82, 2.24) is 5.32 Å². The number of carboxylic acid groups (broad SMARTS) is 1. The van der Waals surface area contributed by atoms with E-state index in [9.17, 15) is 14.0 Å². The first kappa shape index (κ1) is 13.5. The molecule has 102 valence electrons. The smallest absolute Gasteiger partial charge is 0.319 e. The first-order valence-corrected chi connectivity index (χ1v) is 6.23. The molecule has 0 bridgehead atoms. The zero-order valence-electron chi connectivity index (χ0n) is 10.6. The van der Waals surface area contributed by atoms with Gasteiger partial charge in [-0.05, 0) is 37.8 Å². The Hall–Kier alpha value is -1.91. The van der Waals surface area contributed by atoms with Gasteiger partial charge in [0, 0.05) is 6.04 Å². The van der Waals surface area contributed by atoms with E-state index >= 15 is 0 Å². The minimum absolute atomic E-state index is 0.304. The topological polar surface area (TPSA) is 66.4 Å². The average molecular weight is 265 g/mol.